The molecule has 1 aliphatic heterocycles. The average Bonchev–Trinajstić information content (AvgIpc) is 3.18. The highest BCUT2D eigenvalue weighted by molar-refractivity contribution is 5.56. The zero-order valence-electron chi connectivity index (χ0n) is 16.0. The van der Waals surface area contributed by atoms with Crippen LogP contribution in [0.2, 0.25) is 0 Å². The molecule has 1 fully saturated rings. The molecule has 0 N–H and O–H groups in total. The summed E-state index contributed by atoms with van der Waals surface area (Å²) in [6, 6.07) is 18.9. The van der Waals surface area contributed by atoms with Crippen LogP contribution >= 0.6 is 0 Å². The highest BCUT2D eigenvalue weighted by Crippen LogP contribution is 2.26. The molecular formula is C23H27N3O. The first-order chi connectivity index (χ1) is 13.3. The van der Waals surface area contributed by atoms with Gasteiger partial charge in [-0.3, -0.25) is 4.90 Å². The molecule has 2 aromatic carbocycles. The molecule has 0 unspecified atom stereocenters. The molecule has 2 heterocycles. The van der Waals surface area contributed by atoms with Gasteiger partial charge in [0, 0.05) is 30.9 Å². The van der Waals surface area contributed by atoms with E-state index in [-0.39, 0.29) is 0 Å². The topological polar surface area (TPSA) is 32.5 Å². The maximum absolute atomic E-state index is 5.96. The van der Waals surface area contributed by atoms with Crippen molar-refractivity contribution in [3.05, 3.63) is 72.2 Å². The summed E-state index contributed by atoms with van der Waals surface area (Å²) < 4.78 is 5.96. The van der Waals surface area contributed by atoms with Gasteiger partial charge in [0.05, 0.1) is 12.7 Å². The Morgan fingerprint density at radius 3 is 2.48 bits per heavy atom. The van der Waals surface area contributed by atoms with E-state index in [1.807, 2.05) is 36.5 Å². The zero-order valence-corrected chi connectivity index (χ0v) is 16.0. The number of oxazole rings is 1. The summed E-state index contributed by atoms with van der Waals surface area (Å²) in [4.78, 5) is 9.27. The van der Waals surface area contributed by atoms with Crippen molar-refractivity contribution in [1.29, 1.82) is 0 Å². The van der Waals surface area contributed by atoms with E-state index in [0.29, 0.717) is 6.54 Å². The Balaban J connectivity index is 1.43. The smallest absolute Gasteiger partial charge is 0.209 e. The second-order valence-corrected chi connectivity index (χ2v) is 7.33. The van der Waals surface area contributed by atoms with E-state index in [0.717, 1.165) is 23.8 Å². The summed E-state index contributed by atoms with van der Waals surface area (Å²) >= 11 is 0. The maximum atomic E-state index is 5.96. The lowest BCUT2D eigenvalue weighted by atomic mass is 10.1. The van der Waals surface area contributed by atoms with Gasteiger partial charge in [-0.1, -0.05) is 48.5 Å². The number of aromatic nitrogens is 1. The van der Waals surface area contributed by atoms with Gasteiger partial charge >= 0.3 is 0 Å². The fourth-order valence-corrected chi connectivity index (χ4v) is 3.78. The van der Waals surface area contributed by atoms with Gasteiger partial charge in [0.25, 0.3) is 0 Å². The van der Waals surface area contributed by atoms with E-state index in [4.69, 9.17) is 4.42 Å². The monoisotopic (exact) mass is 361 g/mol. The summed E-state index contributed by atoms with van der Waals surface area (Å²) in [5.74, 6) is 1.58. The van der Waals surface area contributed by atoms with Crippen LogP contribution in [0.5, 0.6) is 0 Å². The van der Waals surface area contributed by atoms with Crippen LogP contribution in [-0.4, -0.2) is 30.0 Å². The normalized spacial score (nSPS) is 14.7. The van der Waals surface area contributed by atoms with Crippen LogP contribution in [0.4, 0.5) is 5.69 Å². The van der Waals surface area contributed by atoms with Crippen LogP contribution < -0.4 is 4.90 Å². The highest BCUT2D eigenvalue weighted by Gasteiger charge is 2.16. The Morgan fingerprint density at radius 1 is 0.926 bits per heavy atom. The molecule has 4 rings (SSSR count). The van der Waals surface area contributed by atoms with Gasteiger partial charge in [0.15, 0.2) is 5.76 Å². The lowest BCUT2D eigenvalue weighted by Gasteiger charge is -2.31. The van der Waals surface area contributed by atoms with Gasteiger partial charge in [-0.05, 0) is 37.9 Å². The lowest BCUT2D eigenvalue weighted by Crippen LogP contribution is -2.31. The molecule has 0 amide bonds. The number of anilines is 1. The fraction of sp³-hybridized carbons (Fsp3) is 0.348. The molecule has 1 aromatic heterocycles. The van der Waals surface area contributed by atoms with Crippen LogP contribution in [-0.2, 0) is 13.1 Å². The minimum Gasteiger partial charge on any atom is -0.439 e. The SMILES string of the molecule is CN(Cc1ncc(-c2ccccc2)o1)Cc1ccccc1N1CCCCC1. The minimum absolute atomic E-state index is 0.696. The summed E-state index contributed by atoms with van der Waals surface area (Å²) in [6.07, 6.45) is 5.76. The third kappa shape index (κ3) is 4.40. The number of hydrogen-bond donors (Lipinski definition) is 0. The van der Waals surface area contributed by atoms with Crippen molar-refractivity contribution in [2.24, 2.45) is 0 Å². The van der Waals surface area contributed by atoms with Crippen LogP contribution in [0.1, 0.15) is 30.7 Å². The van der Waals surface area contributed by atoms with E-state index in [1.165, 1.54) is 43.6 Å². The predicted molar refractivity (Wildman–Crippen MR) is 110 cm³/mol. The van der Waals surface area contributed by atoms with Crippen molar-refractivity contribution < 1.29 is 4.42 Å². The van der Waals surface area contributed by atoms with Crippen molar-refractivity contribution in [2.45, 2.75) is 32.4 Å². The predicted octanol–water partition coefficient (Wildman–Crippen LogP) is 4.96. The van der Waals surface area contributed by atoms with E-state index in [9.17, 15) is 0 Å². The first-order valence-corrected chi connectivity index (χ1v) is 9.81. The molecule has 0 atom stereocenters. The first-order valence-electron chi connectivity index (χ1n) is 9.81. The number of piperidine rings is 1. The van der Waals surface area contributed by atoms with Gasteiger partial charge in [0.1, 0.15) is 0 Å². The van der Waals surface area contributed by atoms with Crippen molar-refractivity contribution in [2.75, 3.05) is 25.0 Å². The molecule has 1 aliphatic rings. The number of para-hydroxylation sites is 1. The Labute approximate surface area is 161 Å². The standard InChI is InChI=1S/C23H27N3O/c1-25(18-23-24-16-22(27-23)19-10-4-2-5-11-19)17-20-12-6-7-13-21(20)26-14-8-3-9-15-26/h2,4-7,10-13,16H,3,8-9,14-15,17-18H2,1H3. The Kier molecular flexibility index (Phi) is 5.54. The van der Waals surface area contributed by atoms with E-state index < -0.39 is 0 Å². The van der Waals surface area contributed by atoms with Crippen molar-refractivity contribution in [3.8, 4) is 11.3 Å². The third-order valence-electron chi connectivity index (χ3n) is 5.15. The molecule has 0 saturated carbocycles. The van der Waals surface area contributed by atoms with E-state index >= 15 is 0 Å². The molecule has 4 nitrogen and oxygen atoms in total. The van der Waals surface area contributed by atoms with Gasteiger partial charge in [0.2, 0.25) is 5.89 Å². The van der Waals surface area contributed by atoms with Crippen molar-refractivity contribution in [1.82, 2.24) is 9.88 Å². The summed E-state index contributed by atoms with van der Waals surface area (Å²) in [6.45, 7) is 3.92. The molecule has 1 saturated heterocycles. The lowest BCUT2D eigenvalue weighted by molar-refractivity contribution is 0.283. The molecule has 3 aromatic rings. The highest BCUT2D eigenvalue weighted by atomic mass is 16.4. The maximum Gasteiger partial charge on any atom is 0.209 e. The second kappa shape index (κ2) is 8.40. The number of rotatable bonds is 6. The van der Waals surface area contributed by atoms with Gasteiger partial charge in [-0.15, -0.1) is 0 Å². The molecule has 27 heavy (non-hydrogen) atoms. The molecule has 0 aliphatic carbocycles. The molecule has 140 valence electrons. The number of benzene rings is 2. The number of hydrogen-bond acceptors (Lipinski definition) is 4. The van der Waals surface area contributed by atoms with Crippen LogP contribution in [0.25, 0.3) is 11.3 Å². The van der Waals surface area contributed by atoms with Crippen LogP contribution in [0, 0.1) is 0 Å². The van der Waals surface area contributed by atoms with Crippen LogP contribution in [0.3, 0.4) is 0 Å². The van der Waals surface area contributed by atoms with Gasteiger partial charge in [-0.2, -0.15) is 0 Å². The van der Waals surface area contributed by atoms with Gasteiger partial charge in [-0.25, -0.2) is 4.98 Å². The largest absolute Gasteiger partial charge is 0.439 e. The first kappa shape index (κ1) is 17.8. The third-order valence-corrected chi connectivity index (χ3v) is 5.15. The molecule has 4 heteroatoms. The summed E-state index contributed by atoms with van der Waals surface area (Å²) in [7, 11) is 2.12. The second-order valence-electron chi connectivity index (χ2n) is 7.33. The summed E-state index contributed by atoms with van der Waals surface area (Å²) in [5, 5.41) is 0. The Bertz CT molecular complexity index is 853. The van der Waals surface area contributed by atoms with Gasteiger partial charge < -0.3 is 9.32 Å². The zero-order chi connectivity index (χ0) is 18.5. The van der Waals surface area contributed by atoms with E-state index in [1.54, 1.807) is 0 Å². The molecular weight excluding hydrogens is 334 g/mol. The average molecular weight is 361 g/mol. The molecule has 0 bridgehead atoms. The van der Waals surface area contributed by atoms with Crippen molar-refractivity contribution in [3.63, 3.8) is 0 Å². The Morgan fingerprint density at radius 2 is 1.67 bits per heavy atom. The quantitative estimate of drug-likeness (QED) is 0.621. The minimum atomic E-state index is 0.696. The number of nitrogens with zero attached hydrogens (tertiary/aromatic N) is 3. The fourth-order valence-electron chi connectivity index (χ4n) is 3.78. The van der Waals surface area contributed by atoms with Crippen molar-refractivity contribution >= 4 is 5.69 Å². The van der Waals surface area contributed by atoms with Crippen LogP contribution in [0.15, 0.2) is 65.2 Å². The Hall–Kier alpha value is -2.59. The molecule has 0 radical (unpaired) electrons. The van der Waals surface area contributed by atoms with E-state index in [2.05, 4.69) is 46.1 Å². The summed E-state index contributed by atoms with van der Waals surface area (Å²) in [5.41, 5.74) is 3.81. The molecule has 0 spiro atoms.